The summed E-state index contributed by atoms with van der Waals surface area (Å²) in [5.74, 6) is 0. The fourth-order valence-electron chi connectivity index (χ4n) is 3.38. The van der Waals surface area contributed by atoms with E-state index in [2.05, 4.69) is 134 Å². The van der Waals surface area contributed by atoms with E-state index in [1.165, 1.54) is 22.5 Å². The van der Waals surface area contributed by atoms with Crippen LogP contribution in [0.1, 0.15) is 22.5 Å². The fourth-order valence-corrected chi connectivity index (χ4v) is 3.38. The molecule has 0 aliphatic heterocycles. The van der Waals surface area contributed by atoms with Crippen LogP contribution in [0.3, 0.4) is 0 Å². The molecule has 3 aromatic rings. The number of pyridine rings is 1. The van der Waals surface area contributed by atoms with Crippen LogP contribution in [-0.2, 0) is 6.54 Å². The fraction of sp³-hybridized carbons (Fsp3) is 0.222. The van der Waals surface area contributed by atoms with Crippen LogP contribution in [0, 0.1) is 0 Å². The average Bonchev–Trinajstić information content (AvgIpc) is 2.78. The first-order chi connectivity index (χ1) is 15.0. The Balaban J connectivity index is 1.84. The molecule has 0 bridgehead atoms. The molecule has 4 heteroatoms. The highest BCUT2D eigenvalue weighted by Gasteiger charge is 2.11. The second-order valence-corrected chi connectivity index (χ2v) is 7.95. The van der Waals surface area contributed by atoms with Crippen LogP contribution in [0.4, 0.5) is 11.4 Å². The van der Waals surface area contributed by atoms with Crippen molar-refractivity contribution in [3.05, 3.63) is 89.2 Å². The lowest BCUT2D eigenvalue weighted by Crippen LogP contribution is -2.43. The molecule has 0 spiro atoms. The molecule has 0 amide bonds. The van der Waals surface area contributed by atoms with Crippen LogP contribution in [-0.4, -0.2) is 34.7 Å². The van der Waals surface area contributed by atoms with Crippen molar-refractivity contribution >= 4 is 35.7 Å². The Morgan fingerprint density at radius 3 is 1.42 bits per heavy atom. The van der Waals surface area contributed by atoms with Gasteiger partial charge in [-0.2, -0.15) is 4.57 Å². The Morgan fingerprint density at radius 2 is 1.06 bits per heavy atom. The predicted octanol–water partition coefficient (Wildman–Crippen LogP) is 4.41. The number of benzene rings is 2. The first kappa shape index (κ1) is 22.3. The van der Waals surface area contributed by atoms with Gasteiger partial charge in [0.05, 0.1) is 6.54 Å². The molecule has 31 heavy (non-hydrogen) atoms. The predicted molar refractivity (Wildman–Crippen MR) is 135 cm³/mol. The van der Waals surface area contributed by atoms with Gasteiger partial charge in [-0.3, -0.25) is 0 Å². The lowest BCUT2D eigenvalue weighted by molar-refractivity contribution is -0.697. The van der Waals surface area contributed by atoms with Crippen molar-refractivity contribution in [2.24, 2.45) is 5.73 Å². The highest BCUT2D eigenvalue weighted by atomic mass is 15.1. The van der Waals surface area contributed by atoms with Crippen molar-refractivity contribution in [3.63, 3.8) is 0 Å². The highest BCUT2D eigenvalue weighted by molar-refractivity contribution is 5.70. The lowest BCUT2D eigenvalue weighted by Gasteiger charge is -2.11. The smallest absolute Gasteiger partial charge is 0.205 e. The van der Waals surface area contributed by atoms with Crippen molar-refractivity contribution < 1.29 is 4.57 Å². The van der Waals surface area contributed by atoms with E-state index in [4.69, 9.17) is 5.73 Å². The minimum absolute atomic E-state index is 0.589. The number of nitrogens with two attached hydrogens (primary N) is 1. The Morgan fingerprint density at radius 1 is 0.645 bits per heavy atom. The number of hydrogen-bond donors (Lipinski definition) is 1. The first-order valence-corrected chi connectivity index (χ1v) is 10.6. The van der Waals surface area contributed by atoms with Crippen molar-refractivity contribution in [2.45, 2.75) is 6.54 Å². The second kappa shape index (κ2) is 10.6. The SMILES string of the molecule is CN(C)c1ccc(/C=C/c2cccc(/C=C/c3ccc(N(C)C)cc3)[n+]2CCN)cc1. The topological polar surface area (TPSA) is 36.4 Å². The van der Waals surface area contributed by atoms with Crippen LogP contribution in [0.2, 0.25) is 0 Å². The molecule has 1 heterocycles. The van der Waals surface area contributed by atoms with Gasteiger partial charge in [0.25, 0.3) is 0 Å². The summed E-state index contributed by atoms with van der Waals surface area (Å²) in [6, 6.07) is 23.4. The number of rotatable bonds is 8. The largest absolute Gasteiger partial charge is 0.378 e. The summed E-state index contributed by atoms with van der Waals surface area (Å²) in [7, 11) is 8.21. The lowest BCUT2D eigenvalue weighted by atomic mass is 10.1. The third-order valence-corrected chi connectivity index (χ3v) is 5.22. The minimum atomic E-state index is 0.589. The van der Waals surface area contributed by atoms with Gasteiger partial charge in [-0.1, -0.05) is 24.3 Å². The molecule has 160 valence electrons. The summed E-state index contributed by atoms with van der Waals surface area (Å²) in [6.07, 6.45) is 8.61. The van der Waals surface area contributed by atoms with Gasteiger partial charge in [0.1, 0.15) is 0 Å². The van der Waals surface area contributed by atoms with Crippen LogP contribution in [0.25, 0.3) is 24.3 Å². The molecule has 0 aliphatic carbocycles. The highest BCUT2D eigenvalue weighted by Crippen LogP contribution is 2.16. The number of aromatic nitrogens is 1. The zero-order valence-corrected chi connectivity index (χ0v) is 19.0. The van der Waals surface area contributed by atoms with E-state index in [0.717, 1.165) is 17.9 Å². The van der Waals surface area contributed by atoms with Gasteiger partial charge in [0.15, 0.2) is 6.54 Å². The van der Waals surface area contributed by atoms with Crippen molar-refractivity contribution in [1.29, 1.82) is 0 Å². The molecule has 4 nitrogen and oxygen atoms in total. The van der Waals surface area contributed by atoms with Gasteiger partial charge >= 0.3 is 0 Å². The van der Waals surface area contributed by atoms with E-state index >= 15 is 0 Å². The molecule has 3 rings (SSSR count). The zero-order valence-electron chi connectivity index (χ0n) is 19.0. The van der Waals surface area contributed by atoms with Gasteiger partial charge in [0.2, 0.25) is 11.4 Å². The molecule has 1 aromatic heterocycles. The van der Waals surface area contributed by atoms with E-state index in [1.807, 2.05) is 0 Å². The van der Waals surface area contributed by atoms with E-state index in [0.29, 0.717) is 6.54 Å². The van der Waals surface area contributed by atoms with Crippen LogP contribution < -0.4 is 20.1 Å². The van der Waals surface area contributed by atoms with Crippen molar-refractivity contribution in [3.8, 4) is 0 Å². The summed E-state index contributed by atoms with van der Waals surface area (Å²) < 4.78 is 2.26. The Hall–Kier alpha value is -3.37. The second-order valence-electron chi connectivity index (χ2n) is 7.95. The summed E-state index contributed by atoms with van der Waals surface area (Å²) >= 11 is 0. The van der Waals surface area contributed by atoms with Crippen molar-refractivity contribution in [1.82, 2.24) is 0 Å². The van der Waals surface area contributed by atoms with E-state index < -0.39 is 0 Å². The summed E-state index contributed by atoms with van der Waals surface area (Å²) in [5, 5.41) is 0. The number of anilines is 2. The Kier molecular flexibility index (Phi) is 7.63. The number of hydrogen-bond acceptors (Lipinski definition) is 3. The van der Waals surface area contributed by atoms with Gasteiger partial charge in [-0.15, -0.1) is 0 Å². The van der Waals surface area contributed by atoms with E-state index in [9.17, 15) is 0 Å². The maximum absolute atomic E-state index is 5.92. The Labute approximate surface area is 186 Å². The third-order valence-electron chi connectivity index (χ3n) is 5.22. The maximum Gasteiger partial charge on any atom is 0.205 e. The number of nitrogens with zero attached hydrogens (tertiary/aromatic N) is 3. The average molecular weight is 414 g/mol. The standard InChI is InChI=1S/C27H33N4/c1-29(2)24-14-8-22(9-15-24)12-18-26-6-5-7-27(31(26)21-20-28)19-13-23-10-16-25(17-11-23)30(3)4/h5-19H,20-21,28H2,1-4H3/q+1. The molecule has 0 atom stereocenters. The monoisotopic (exact) mass is 413 g/mol. The van der Waals surface area contributed by atoms with Gasteiger partial charge in [-0.05, 0) is 53.6 Å². The normalized spacial score (nSPS) is 11.4. The summed E-state index contributed by atoms with van der Waals surface area (Å²) in [4.78, 5) is 4.21. The van der Waals surface area contributed by atoms with Crippen LogP contribution in [0.15, 0.2) is 66.7 Å². The first-order valence-electron chi connectivity index (χ1n) is 10.6. The van der Waals surface area contributed by atoms with Gasteiger partial charge in [0, 0.05) is 63.9 Å². The zero-order chi connectivity index (χ0) is 22.2. The molecule has 0 unspecified atom stereocenters. The minimum Gasteiger partial charge on any atom is -0.378 e. The Bertz CT molecular complexity index is 950. The molecule has 0 saturated carbocycles. The molecule has 0 fully saturated rings. The molecule has 0 aliphatic rings. The van der Waals surface area contributed by atoms with Crippen molar-refractivity contribution in [2.75, 3.05) is 44.5 Å². The van der Waals surface area contributed by atoms with Gasteiger partial charge in [-0.25, -0.2) is 0 Å². The quantitative estimate of drug-likeness (QED) is 0.556. The van der Waals surface area contributed by atoms with E-state index in [-0.39, 0.29) is 0 Å². The summed E-state index contributed by atoms with van der Waals surface area (Å²) in [6.45, 7) is 1.35. The maximum atomic E-state index is 5.92. The van der Waals surface area contributed by atoms with Crippen LogP contribution >= 0.6 is 0 Å². The molecule has 2 N–H and O–H groups in total. The van der Waals surface area contributed by atoms with Crippen LogP contribution in [0.5, 0.6) is 0 Å². The molecular weight excluding hydrogens is 380 g/mol. The molecule has 0 saturated heterocycles. The molecular formula is C27H33N4+. The molecule has 2 aromatic carbocycles. The third kappa shape index (κ3) is 6.06. The molecule has 0 radical (unpaired) electrons. The summed E-state index contributed by atoms with van der Waals surface area (Å²) in [5.41, 5.74) is 12.9. The van der Waals surface area contributed by atoms with Gasteiger partial charge < -0.3 is 15.5 Å². The van der Waals surface area contributed by atoms with E-state index in [1.54, 1.807) is 0 Å².